The van der Waals surface area contributed by atoms with Crippen molar-refractivity contribution >= 4 is 11.8 Å². The number of hydrogen-bond donors (Lipinski definition) is 0. The number of carbonyl (C=O) groups excluding carboxylic acids is 2. The molecule has 4 heteroatoms. The summed E-state index contributed by atoms with van der Waals surface area (Å²) < 4.78 is 10.0. The van der Waals surface area contributed by atoms with Crippen LogP contribution in [0, 0.1) is 6.92 Å². The van der Waals surface area contributed by atoms with Crippen LogP contribution in [0.25, 0.3) is 0 Å². The van der Waals surface area contributed by atoms with E-state index in [-0.39, 0.29) is 12.2 Å². The maximum Gasteiger partial charge on any atom is 0.379 e. The molecule has 0 aliphatic rings. The molecule has 0 N–H and O–H groups in total. The molecule has 1 rings (SSSR count). The van der Waals surface area contributed by atoms with Gasteiger partial charge < -0.3 is 9.47 Å². The summed E-state index contributed by atoms with van der Waals surface area (Å²) in [5.74, 6) is -1.10. The zero-order valence-electron chi connectivity index (χ0n) is 10.3. The standard InChI is InChI=1S/C13H16O4/c1-4-16-11-8-9(3)6-7-10(11)12(14)13(15)17-5-2/h6-8H,4-5H2,1-3H3. The van der Waals surface area contributed by atoms with E-state index in [0.29, 0.717) is 12.4 Å². The van der Waals surface area contributed by atoms with E-state index in [1.165, 1.54) is 0 Å². The van der Waals surface area contributed by atoms with Crippen molar-refractivity contribution in [2.75, 3.05) is 13.2 Å². The van der Waals surface area contributed by atoms with Gasteiger partial charge in [0.25, 0.3) is 5.78 Å². The van der Waals surface area contributed by atoms with Gasteiger partial charge in [0.05, 0.1) is 18.8 Å². The first-order valence-corrected chi connectivity index (χ1v) is 5.55. The van der Waals surface area contributed by atoms with Gasteiger partial charge in [0.2, 0.25) is 0 Å². The Morgan fingerprint density at radius 3 is 2.47 bits per heavy atom. The van der Waals surface area contributed by atoms with E-state index in [1.54, 1.807) is 25.1 Å². The van der Waals surface area contributed by atoms with Crippen LogP contribution in [0.5, 0.6) is 5.75 Å². The molecule has 0 spiro atoms. The van der Waals surface area contributed by atoms with Crippen molar-refractivity contribution in [3.8, 4) is 5.75 Å². The summed E-state index contributed by atoms with van der Waals surface area (Å²) in [5, 5.41) is 0. The minimum Gasteiger partial charge on any atom is -0.493 e. The molecule has 0 saturated heterocycles. The summed E-state index contributed by atoms with van der Waals surface area (Å²) >= 11 is 0. The van der Waals surface area contributed by atoms with Gasteiger partial charge in [-0.3, -0.25) is 4.79 Å². The van der Waals surface area contributed by atoms with Crippen LogP contribution in [0.2, 0.25) is 0 Å². The third-order valence-electron chi connectivity index (χ3n) is 2.14. The van der Waals surface area contributed by atoms with E-state index >= 15 is 0 Å². The zero-order valence-corrected chi connectivity index (χ0v) is 10.3. The van der Waals surface area contributed by atoms with Crippen LogP contribution < -0.4 is 4.74 Å². The maximum absolute atomic E-state index is 11.8. The maximum atomic E-state index is 11.8. The molecule has 1 aromatic rings. The molecule has 0 atom stereocenters. The Morgan fingerprint density at radius 2 is 1.88 bits per heavy atom. The molecular weight excluding hydrogens is 220 g/mol. The fourth-order valence-corrected chi connectivity index (χ4v) is 1.40. The van der Waals surface area contributed by atoms with Crippen molar-refractivity contribution in [3.63, 3.8) is 0 Å². The van der Waals surface area contributed by atoms with Crippen molar-refractivity contribution in [3.05, 3.63) is 29.3 Å². The third kappa shape index (κ3) is 3.31. The van der Waals surface area contributed by atoms with Gasteiger partial charge in [-0.15, -0.1) is 0 Å². The fourth-order valence-electron chi connectivity index (χ4n) is 1.40. The Bertz CT molecular complexity index is 423. The molecule has 0 aromatic heterocycles. The Balaban J connectivity index is 3.03. The minimum atomic E-state index is -0.850. The van der Waals surface area contributed by atoms with E-state index in [9.17, 15) is 9.59 Å². The third-order valence-corrected chi connectivity index (χ3v) is 2.14. The van der Waals surface area contributed by atoms with Crippen LogP contribution in [-0.4, -0.2) is 25.0 Å². The smallest absolute Gasteiger partial charge is 0.379 e. The first kappa shape index (κ1) is 13.2. The molecule has 1 aromatic carbocycles. The Kier molecular flexibility index (Phi) is 4.69. The summed E-state index contributed by atoms with van der Waals surface area (Å²) in [5.41, 5.74) is 1.21. The lowest BCUT2D eigenvalue weighted by molar-refractivity contribution is -0.137. The monoisotopic (exact) mass is 236 g/mol. The summed E-state index contributed by atoms with van der Waals surface area (Å²) in [6, 6.07) is 5.07. The van der Waals surface area contributed by atoms with Crippen molar-refractivity contribution < 1.29 is 19.1 Å². The van der Waals surface area contributed by atoms with Gasteiger partial charge >= 0.3 is 5.97 Å². The predicted octanol–water partition coefficient (Wildman–Crippen LogP) is 2.14. The lowest BCUT2D eigenvalue weighted by atomic mass is 10.1. The van der Waals surface area contributed by atoms with Gasteiger partial charge in [-0.25, -0.2) is 4.79 Å². The second kappa shape index (κ2) is 6.03. The lowest BCUT2D eigenvalue weighted by Crippen LogP contribution is -2.18. The summed E-state index contributed by atoms with van der Waals surface area (Å²) in [4.78, 5) is 23.1. The molecular formula is C13H16O4. The second-order valence-corrected chi connectivity index (χ2v) is 3.48. The van der Waals surface area contributed by atoms with Gasteiger partial charge in [0.15, 0.2) is 0 Å². The molecule has 0 aliphatic heterocycles. The highest BCUT2D eigenvalue weighted by Crippen LogP contribution is 2.21. The van der Waals surface area contributed by atoms with Crippen LogP contribution in [0.1, 0.15) is 29.8 Å². The van der Waals surface area contributed by atoms with Gasteiger partial charge in [-0.1, -0.05) is 6.07 Å². The highest BCUT2D eigenvalue weighted by molar-refractivity contribution is 6.41. The van der Waals surface area contributed by atoms with E-state index in [0.717, 1.165) is 5.56 Å². The average molecular weight is 236 g/mol. The summed E-state index contributed by atoms with van der Waals surface area (Å²) in [6.07, 6.45) is 0. The van der Waals surface area contributed by atoms with Gasteiger partial charge in [0, 0.05) is 0 Å². The number of aryl methyl sites for hydroxylation is 1. The molecule has 0 bridgehead atoms. The average Bonchev–Trinajstić information content (AvgIpc) is 2.29. The molecule has 0 amide bonds. The number of benzene rings is 1. The Morgan fingerprint density at radius 1 is 1.18 bits per heavy atom. The minimum absolute atomic E-state index is 0.181. The van der Waals surface area contributed by atoms with Crippen molar-refractivity contribution in [2.45, 2.75) is 20.8 Å². The Hall–Kier alpha value is -1.84. The predicted molar refractivity (Wildman–Crippen MR) is 63.3 cm³/mol. The molecule has 0 fully saturated rings. The van der Waals surface area contributed by atoms with E-state index in [2.05, 4.69) is 4.74 Å². The molecule has 0 unspecified atom stereocenters. The normalized spacial score (nSPS) is 9.82. The summed E-state index contributed by atoms with van der Waals surface area (Å²) in [7, 11) is 0. The van der Waals surface area contributed by atoms with E-state index in [4.69, 9.17) is 4.74 Å². The Labute approximate surface area is 101 Å². The number of ether oxygens (including phenoxy) is 2. The lowest BCUT2D eigenvalue weighted by Gasteiger charge is -2.09. The molecule has 0 saturated carbocycles. The SMILES string of the molecule is CCOC(=O)C(=O)c1ccc(C)cc1OCC. The van der Waals surface area contributed by atoms with Crippen LogP contribution in [0.15, 0.2) is 18.2 Å². The topological polar surface area (TPSA) is 52.6 Å². The van der Waals surface area contributed by atoms with Crippen LogP contribution >= 0.6 is 0 Å². The number of rotatable bonds is 5. The highest BCUT2D eigenvalue weighted by Gasteiger charge is 2.21. The number of esters is 1. The number of hydrogen-bond acceptors (Lipinski definition) is 4. The van der Waals surface area contributed by atoms with E-state index in [1.807, 2.05) is 13.8 Å². The number of carbonyl (C=O) groups is 2. The van der Waals surface area contributed by atoms with Gasteiger partial charge in [-0.05, 0) is 38.5 Å². The van der Waals surface area contributed by atoms with Crippen LogP contribution in [0.3, 0.4) is 0 Å². The van der Waals surface area contributed by atoms with Crippen molar-refractivity contribution in [1.82, 2.24) is 0 Å². The zero-order chi connectivity index (χ0) is 12.8. The molecule has 4 nitrogen and oxygen atoms in total. The molecule has 17 heavy (non-hydrogen) atoms. The summed E-state index contributed by atoms with van der Waals surface area (Å²) in [6.45, 7) is 5.98. The molecule has 0 radical (unpaired) electrons. The van der Waals surface area contributed by atoms with E-state index < -0.39 is 11.8 Å². The number of ketones is 1. The molecule has 0 aliphatic carbocycles. The van der Waals surface area contributed by atoms with Gasteiger partial charge in [0.1, 0.15) is 5.75 Å². The number of Topliss-reactive ketones (excluding diaryl/α,β-unsaturated/α-hetero) is 1. The fraction of sp³-hybridized carbons (Fsp3) is 0.385. The first-order chi connectivity index (χ1) is 8.10. The molecule has 92 valence electrons. The quantitative estimate of drug-likeness (QED) is 0.446. The second-order valence-electron chi connectivity index (χ2n) is 3.48. The van der Waals surface area contributed by atoms with Crippen LogP contribution in [-0.2, 0) is 9.53 Å². The van der Waals surface area contributed by atoms with Crippen molar-refractivity contribution in [2.24, 2.45) is 0 Å². The van der Waals surface area contributed by atoms with Crippen molar-refractivity contribution in [1.29, 1.82) is 0 Å². The van der Waals surface area contributed by atoms with Crippen LogP contribution in [0.4, 0.5) is 0 Å². The largest absolute Gasteiger partial charge is 0.493 e. The first-order valence-electron chi connectivity index (χ1n) is 5.55. The molecule has 0 heterocycles. The highest BCUT2D eigenvalue weighted by atomic mass is 16.5. The van der Waals surface area contributed by atoms with Gasteiger partial charge in [-0.2, -0.15) is 0 Å².